The Labute approximate surface area is 179 Å². The van der Waals surface area contributed by atoms with E-state index in [0.29, 0.717) is 18.5 Å². The molecular weight excluding hydrogens is 378 g/mol. The van der Waals surface area contributed by atoms with Crippen LogP contribution in [-0.2, 0) is 15.9 Å². The largest absolute Gasteiger partial charge is 0.457 e. The standard InChI is InChI=1S/C25H31NO4/c1-25(2,3)30-24(28)26-17-11-10-16-22(21(26)18-19-12-6-4-7-13-19)29-23(27)20-14-8-5-9-15-20/h4-9,12-15,21-22H,10-11,16-18H2,1-3H3/t21-,22+/m0/s1. The minimum absolute atomic E-state index is 0.280. The summed E-state index contributed by atoms with van der Waals surface area (Å²) in [6.07, 6.45) is 2.31. The van der Waals surface area contributed by atoms with Gasteiger partial charge < -0.3 is 14.4 Å². The molecule has 5 nitrogen and oxygen atoms in total. The second kappa shape index (κ2) is 9.79. The molecule has 5 heteroatoms. The average Bonchev–Trinajstić information content (AvgIpc) is 2.91. The van der Waals surface area contributed by atoms with E-state index in [1.165, 1.54) is 0 Å². The number of amides is 1. The minimum atomic E-state index is -0.586. The summed E-state index contributed by atoms with van der Waals surface area (Å²) in [7, 11) is 0. The highest BCUT2D eigenvalue weighted by atomic mass is 16.6. The predicted octanol–water partition coefficient (Wildman–Crippen LogP) is 5.24. The maximum atomic E-state index is 13.0. The molecule has 0 unspecified atom stereocenters. The number of carbonyl (C=O) groups is 2. The number of rotatable bonds is 4. The third-order valence-corrected chi connectivity index (χ3v) is 5.15. The second-order valence-electron chi connectivity index (χ2n) is 8.74. The Balaban J connectivity index is 1.87. The van der Waals surface area contributed by atoms with Crippen molar-refractivity contribution in [1.82, 2.24) is 4.90 Å². The van der Waals surface area contributed by atoms with Gasteiger partial charge in [-0.15, -0.1) is 0 Å². The first kappa shape index (κ1) is 21.9. The molecule has 0 bridgehead atoms. The fraction of sp³-hybridized carbons (Fsp3) is 0.440. The van der Waals surface area contributed by atoms with Gasteiger partial charge in [0.2, 0.25) is 0 Å². The van der Waals surface area contributed by atoms with Crippen molar-refractivity contribution in [3.8, 4) is 0 Å². The average molecular weight is 410 g/mol. The van der Waals surface area contributed by atoms with Crippen LogP contribution >= 0.6 is 0 Å². The fourth-order valence-corrected chi connectivity index (χ4v) is 3.75. The Kier molecular flexibility index (Phi) is 7.14. The highest BCUT2D eigenvalue weighted by Crippen LogP contribution is 2.26. The zero-order chi connectivity index (χ0) is 21.6. The highest BCUT2D eigenvalue weighted by molar-refractivity contribution is 5.89. The van der Waals surface area contributed by atoms with Gasteiger partial charge in [-0.25, -0.2) is 9.59 Å². The lowest BCUT2D eigenvalue weighted by Crippen LogP contribution is -2.50. The van der Waals surface area contributed by atoms with Gasteiger partial charge in [-0.05, 0) is 64.2 Å². The molecule has 1 saturated heterocycles. The lowest BCUT2D eigenvalue weighted by atomic mass is 9.98. The van der Waals surface area contributed by atoms with Crippen LogP contribution in [0.25, 0.3) is 0 Å². The van der Waals surface area contributed by atoms with E-state index in [-0.39, 0.29) is 18.1 Å². The predicted molar refractivity (Wildman–Crippen MR) is 116 cm³/mol. The molecular formula is C25H31NO4. The smallest absolute Gasteiger partial charge is 0.410 e. The van der Waals surface area contributed by atoms with Crippen LogP contribution in [0.2, 0.25) is 0 Å². The van der Waals surface area contributed by atoms with Gasteiger partial charge in [0.25, 0.3) is 0 Å². The van der Waals surface area contributed by atoms with Gasteiger partial charge in [-0.1, -0.05) is 48.5 Å². The third-order valence-electron chi connectivity index (χ3n) is 5.15. The second-order valence-corrected chi connectivity index (χ2v) is 8.74. The highest BCUT2D eigenvalue weighted by Gasteiger charge is 2.37. The summed E-state index contributed by atoms with van der Waals surface area (Å²) in [5.74, 6) is -0.357. The molecule has 1 amide bonds. The van der Waals surface area contributed by atoms with E-state index in [0.717, 1.165) is 24.8 Å². The van der Waals surface area contributed by atoms with Crippen LogP contribution in [0.5, 0.6) is 0 Å². The van der Waals surface area contributed by atoms with Crippen molar-refractivity contribution in [1.29, 1.82) is 0 Å². The van der Waals surface area contributed by atoms with Crippen molar-refractivity contribution in [2.24, 2.45) is 0 Å². The number of carbonyl (C=O) groups excluding carboxylic acids is 2. The molecule has 1 aliphatic rings. The van der Waals surface area contributed by atoms with E-state index in [2.05, 4.69) is 0 Å². The van der Waals surface area contributed by atoms with Crippen LogP contribution in [-0.4, -0.2) is 41.3 Å². The molecule has 1 heterocycles. The molecule has 160 valence electrons. The van der Waals surface area contributed by atoms with Crippen molar-refractivity contribution in [2.45, 2.75) is 64.2 Å². The quantitative estimate of drug-likeness (QED) is 0.648. The lowest BCUT2D eigenvalue weighted by Gasteiger charge is -2.36. The molecule has 2 aromatic carbocycles. The molecule has 1 aliphatic heterocycles. The van der Waals surface area contributed by atoms with Gasteiger partial charge >= 0.3 is 12.1 Å². The van der Waals surface area contributed by atoms with Crippen molar-refractivity contribution in [3.05, 3.63) is 71.8 Å². The number of likely N-dealkylation sites (tertiary alicyclic amines) is 1. The van der Waals surface area contributed by atoms with Crippen LogP contribution in [0.4, 0.5) is 4.79 Å². The molecule has 0 aromatic heterocycles. The minimum Gasteiger partial charge on any atom is -0.457 e. The molecule has 2 aromatic rings. The first-order chi connectivity index (χ1) is 14.3. The summed E-state index contributed by atoms with van der Waals surface area (Å²) in [6.45, 7) is 6.18. The monoisotopic (exact) mass is 409 g/mol. The fourth-order valence-electron chi connectivity index (χ4n) is 3.75. The summed E-state index contributed by atoms with van der Waals surface area (Å²) in [5, 5.41) is 0. The van der Waals surface area contributed by atoms with Gasteiger partial charge in [0.15, 0.2) is 0 Å². The van der Waals surface area contributed by atoms with Crippen molar-refractivity contribution < 1.29 is 19.1 Å². The lowest BCUT2D eigenvalue weighted by molar-refractivity contribution is -0.0168. The summed E-state index contributed by atoms with van der Waals surface area (Å²) < 4.78 is 11.6. The van der Waals surface area contributed by atoms with E-state index in [1.807, 2.05) is 69.3 Å². The van der Waals surface area contributed by atoms with Gasteiger partial charge in [0.1, 0.15) is 11.7 Å². The molecule has 0 radical (unpaired) electrons. The Morgan fingerprint density at radius 1 is 0.967 bits per heavy atom. The molecule has 3 rings (SSSR count). The SMILES string of the molecule is CC(C)(C)OC(=O)N1CCCC[C@@H](OC(=O)c2ccccc2)[C@@H]1Cc1ccccc1. The van der Waals surface area contributed by atoms with Crippen LogP contribution in [0.3, 0.4) is 0 Å². The van der Waals surface area contributed by atoms with E-state index in [1.54, 1.807) is 17.0 Å². The van der Waals surface area contributed by atoms with E-state index in [4.69, 9.17) is 9.47 Å². The Morgan fingerprint density at radius 2 is 1.60 bits per heavy atom. The third kappa shape index (κ3) is 6.09. The van der Waals surface area contributed by atoms with E-state index >= 15 is 0 Å². The van der Waals surface area contributed by atoms with Gasteiger partial charge in [-0.3, -0.25) is 0 Å². The molecule has 30 heavy (non-hydrogen) atoms. The Bertz CT molecular complexity index is 829. The number of nitrogens with zero attached hydrogens (tertiary/aromatic N) is 1. The van der Waals surface area contributed by atoms with Gasteiger partial charge in [0, 0.05) is 6.54 Å². The maximum Gasteiger partial charge on any atom is 0.410 e. The molecule has 2 atom stereocenters. The molecule has 0 aliphatic carbocycles. The number of hydrogen-bond donors (Lipinski definition) is 0. The van der Waals surface area contributed by atoms with Crippen LogP contribution in [0, 0.1) is 0 Å². The molecule has 0 N–H and O–H groups in total. The van der Waals surface area contributed by atoms with E-state index in [9.17, 15) is 9.59 Å². The number of benzene rings is 2. The number of esters is 1. The van der Waals surface area contributed by atoms with Crippen molar-refractivity contribution in [2.75, 3.05) is 6.54 Å². The summed E-state index contributed by atoms with van der Waals surface area (Å²) >= 11 is 0. The zero-order valence-electron chi connectivity index (χ0n) is 18.0. The van der Waals surface area contributed by atoms with E-state index < -0.39 is 11.7 Å². The topological polar surface area (TPSA) is 55.8 Å². The number of hydrogen-bond acceptors (Lipinski definition) is 4. The molecule has 0 spiro atoms. The molecule has 0 saturated carbocycles. The normalized spacial score (nSPS) is 19.6. The summed E-state index contributed by atoms with van der Waals surface area (Å²) in [5.41, 5.74) is 1.03. The summed E-state index contributed by atoms with van der Waals surface area (Å²) in [6, 6.07) is 18.7. The Morgan fingerprint density at radius 3 is 2.23 bits per heavy atom. The van der Waals surface area contributed by atoms with Gasteiger partial charge in [0.05, 0.1) is 11.6 Å². The number of ether oxygens (including phenoxy) is 2. The van der Waals surface area contributed by atoms with Crippen LogP contribution < -0.4 is 0 Å². The zero-order valence-corrected chi connectivity index (χ0v) is 18.0. The first-order valence-corrected chi connectivity index (χ1v) is 10.6. The van der Waals surface area contributed by atoms with Crippen LogP contribution in [0.1, 0.15) is 56.0 Å². The summed E-state index contributed by atoms with van der Waals surface area (Å²) in [4.78, 5) is 27.6. The van der Waals surface area contributed by atoms with Gasteiger partial charge in [-0.2, -0.15) is 0 Å². The maximum absolute atomic E-state index is 13.0. The Hall–Kier alpha value is -2.82. The van der Waals surface area contributed by atoms with Crippen LogP contribution in [0.15, 0.2) is 60.7 Å². The first-order valence-electron chi connectivity index (χ1n) is 10.6. The molecule has 1 fully saturated rings. The van der Waals surface area contributed by atoms with Crippen molar-refractivity contribution >= 4 is 12.1 Å². The van der Waals surface area contributed by atoms with Crippen molar-refractivity contribution in [3.63, 3.8) is 0 Å².